The summed E-state index contributed by atoms with van der Waals surface area (Å²) in [6.45, 7) is 2.76. The van der Waals surface area contributed by atoms with Gasteiger partial charge in [0.2, 0.25) is 0 Å². The lowest BCUT2D eigenvalue weighted by Crippen LogP contribution is -1.99. The van der Waals surface area contributed by atoms with Crippen molar-refractivity contribution >= 4 is 23.8 Å². The first-order valence-electron chi connectivity index (χ1n) is 5.16. The van der Waals surface area contributed by atoms with Gasteiger partial charge in [-0.05, 0) is 37.3 Å². The van der Waals surface area contributed by atoms with Gasteiger partial charge in [0.05, 0.1) is 12.7 Å². The quantitative estimate of drug-likeness (QED) is 0.870. The molecule has 0 bridgehead atoms. The molecule has 0 saturated carbocycles. The molecule has 0 saturated heterocycles. The number of nitrogens with zero attached hydrogens (tertiary/aromatic N) is 2. The zero-order valence-corrected chi connectivity index (χ0v) is 11.1. The van der Waals surface area contributed by atoms with Crippen molar-refractivity contribution in [3.8, 4) is 17.1 Å². The van der Waals surface area contributed by atoms with Gasteiger partial charge in [-0.2, -0.15) is 5.10 Å². The Morgan fingerprint density at radius 1 is 1.53 bits per heavy atom. The second-order valence-corrected chi connectivity index (χ2v) is 4.26. The van der Waals surface area contributed by atoms with E-state index in [-0.39, 0.29) is 0 Å². The van der Waals surface area contributed by atoms with Crippen molar-refractivity contribution in [2.24, 2.45) is 0 Å². The molecular weight excluding hydrogens is 258 g/mol. The highest BCUT2D eigenvalue weighted by atomic mass is 35.5. The van der Waals surface area contributed by atoms with Crippen LogP contribution < -0.4 is 4.74 Å². The topological polar surface area (TPSA) is 42.8 Å². The Balaban J connectivity index is 2.63. The molecule has 6 heteroatoms. The smallest absolute Gasteiger partial charge is 0.195 e. The highest BCUT2D eigenvalue weighted by Gasteiger charge is 2.12. The van der Waals surface area contributed by atoms with Crippen LogP contribution in [-0.2, 0) is 6.54 Å². The van der Waals surface area contributed by atoms with Gasteiger partial charge in [-0.1, -0.05) is 11.6 Å². The predicted octanol–water partition coefficient (Wildman–Crippen LogP) is 3.29. The van der Waals surface area contributed by atoms with Crippen LogP contribution in [0.2, 0.25) is 5.02 Å². The molecular formula is C11H12ClN3OS. The van der Waals surface area contributed by atoms with Crippen LogP contribution in [0.15, 0.2) is 18.2 Å². The lowest BCUT2D eigenvalue weighted by atomic mass is 10.2. The van der Waals surface area contributed by atoms with Crippen LogP contribution in [0.5, 0.6) is 5.75 Å². The van der Waals surface area contributed by atoms with Gasteiger partial charge in [0.15, 0.2) is 10.6 Å². The van der Waals surface area contributed by atoms with Crippen LogP contribution >= 0.6 is 23.8 Å². The number of ether oxygens (including phenoxy) is 1. The van der Waals surface area contributed by atoms with Crippen molar-refractivity contribution in [2.45, 2.75) is 13.5 Å². The molecule has 0 unspecified atom stereocenters. The van der Waals surface area contributed by atoms with Crippen LogP contribution in [0.3, 0.4) is 0 Å². The van der Waals surface area contributed by atoms with Crippen molar-refractivity contribution in [3.63, 3.8) is 0 Å². The summed E-state index contributed by atoms with van der Waals surface area (Å²) in [4.78, 5) is 0. The van der Waals surface area contributed by atoms with Crippen molar-refractivity contribution in [1.29, 1.82) is 0 Å². The Labute approximate surface area is 109 Å². The molecule has 2 aromatic rings. The highest BCUT2D eigenvalue weighted by Crippen LogP contribution is 2.31. The molecule has 1 aromatic heterocycles. The predicted molar refractivity (Wildman–Crippen MR) is 70.1 cm³/mol. The van der Waals surface area contributed by atoms with Crippen LogP contribution in [-0.4, -0.2) is 21.9 Å². The molecule has 0 atom stereocenters. The summed E-state index contributed by atoms with van der Waals surface area (Å²) in [7, 11) is 1.60. The van der Waals surface area contributed by atoms with E-state index in [1.807, 2.05) is 17.6 Å². The van der Waals surface area contributed by atoms with E-state index < -0.39 is 0 Å². The molecule has 0 aliphatic heterocycles. The molecule has 4 nitrogen and oxygen atoms in total. The highest BCUT2D eigenvalue weighted by molar-refractivity contribution is 7.71. The first-order chi connectivity index (χ1) is 8.17. The van der Waals surface area contributed by atoms with Gasteiger partial charge in [0.25, 0.3) is 0 Å². The molecule has 0 aliphatic carbocycles. The fraction of sp³-hybridized carbons (Fsp3) is 0.273. The number of H-pyrrole nitrogens is 1. The van der Waals surface area contributed by atoms with Crippen molar-refractivity contribution in [2.75, 3.05) is 7.11 Å². The molecule has 17 heavy (non-hydrogen) atoms. The number of aromatic nitrogens is 3. The fourth-order valence-electron chi connectivity index (χ4n) is 1.67. The van der Waals surface area contributed by atoms with Gasteiger partial charge in [-0.25, -0.2) is 0 Å². The Morgan fingerprint density at radius 2 is 2.29 bits per heavy atom. The standard InChI is InChI=1S/C11H12ClN3OS/c1-3-15-10(13-14-11(15)17)8-5-4-7(12)6-9(8)16-2/h4-6H,3H2,1-2H3,(H,14,17). The minimum Gasteiger partial charge on any atom is -0.496 e. The fourth-order valence-corrected chi connectivity index (χ4v) is 2.09. The van der Waals surface area contributed by atoms with E-state index in [0.29, 0.717) is 15.5 Å². The number of benzene rings is 1. The SMILES string of the molecule is CCn1c(-c2ccc(Cl)cc2OC)n[nH]c1=S. The molecule has 1 heterocycles. The lowest BCUT2D eigenvalue weighted by molar-refractivity contribution is 0.416. The molecule has 0 amide bonds. The second kappa shape index (κ2) is 4.89. The number of aromatic amines is 1. The Bertz CT molecular complexity index is 591. The van der Waals surface area contributed by atoms with E-state index in [2.05, 4.69) is 10.2 Å². The van der Waals surface area contributed by atoms with Crippen molar-refractivity contribution in [3.05, 3.63) is 28.0 Å². The first kappa shape index (κ1) is 12.1. The van der Waals surface area contributed by atoms with Gasteiger partial charge < -0.3 is 9.30 Å². The summed E-state index contributed by atoms with van der Waals surface area (Å²) in [5, 5.41) is 7.63. The third-order valence-electron chi connectivity index (χ3n) is 2.48. The maximum absolute atomic E-state index is 5.93. The van der Waals surface area contributed by atoms with E-state index in [4.69, 9.17) is 28.6 Å². The summed E-state index contributed by atoms with van der Waals surface area (Å²) in [6.07, 6.45) is 0. The van der Waals surface area contributed by atoms with E-state index in [0.717, 1.165) is 17.9 Å². The van der Waals surface area contributed by atoms with E-state index in [1.165, 1.54) is 0 Å². The number of nitrogens with one attached hydrogen (secondary N) is 1. The van der Waals surface area contributed by atoms with Crippen LogP contribution in [0.25, 0.3) is 11.4 Å². The van der Waals surface area contributed by atoms with E-state index in [1.54, 1.807) is 19.2 Å². The third kappa shape index (κ3) is 2.21. The molecule has 1 aromatic carbocycles. The van der Waals surface area contributed by atoms with E-state index in [9.17, 15) is 0 Å². The van der Waals surface area contributed by atoms with Crippen molar-refractivity contribution in [1.82, 2.24) is 14.8 Å². The molecule has 0 fully saturated rings. The Kier molecular flexibility index (Phi) is 3.49. The van der Waals surface area contributed by atoms with Gasteiger partial charge in [0, 0.05) is 11.6 Å². The molecule has 0 spiro atoms. The third-order valence-corrected chi connectivity index (χ3v) is 3.03. The van der Waals surface area contributed by atoms with Crippen LogP contribution in [0, 0.1) is 4.77 Å². The van der Waals surface area contributed by atoms with Crippen LogP contribution in [0.4, 0.5) is 0 Å². The molecule has 90 valence electrons. The number of halogens is 1. The minimum atomic E-state index is 0.597. The summed E-state index contributed by atoms with van der Waals surface area (Å²) in [5.74, 6) is 1.44. The maximum Gasteiger partial charge on any atom is 0.195 e. The van der Waals surface area contributed by atoms with Gasteiger partial charge in [-0.15, -0.1) is 0 Å². The Hall–Kier alpha value is -1.33. The summed E-state index contributed by atoms with van der Waals surface area (Å²) in [5.41, 5.74) is 0.867. The number of methoxy groups -OCH3 is 1. The molecule has 0 radical (unpaired) electrons. The van der Waals surface area contributed by atoms with E-state index >= 15 is 0 Å². The van der Waals surface area contributed by atoms with Gasteiger partial charge in [0.1, 0.15) is 5.75 Å². The number of hydrogen-bond donors (Lipinski definition) is 1. The van der Waals surface area contributed by atoms with Gasteiger partial charge >= 0.3 is 0 Å². The summed E-state index contributed by atoms with van der Waals surface area (Å²) >= 11 is 11.1. The largest absolute Gasteiger partial charge is 0.496 e. The molecule has 1 N–H and O–H groups in total. The lowest BCUT2D eigenvalue weighted by Gasteiger charge is -2.09. The maximum atomic E-state index is 5.93. The average molecular weight is 270 g/mol. The summed E-state index contributed by atoms with van der Waals surface area (Å²) in [6, 6.07) is 5.43. The van der Waals surface area contributed by atoms with Crippen LogP contribution in [0.1, 0.15) is 6.92 Å². The van der Waals surface area contributed by atoms with Crippen molar-refractivity contribution < 1.29 is 4.74 Å². The monoisotopic (exact) mass is 269 g/mol. The second-order valence-electron chi connectivity index (χ2n) is 3.44. The first-order valence-corrected chi connectivity index (χ1v) is 5.95. The average Bonchev–Trinajstić information content (AvgIpc) is 2.70. The summed E-state index contributed by atoms with van der Waals surface area (Å²) < 4.78 is 7.80. The molecule has 0 aliphatic rings. The van der Waals surface area contributed by atoms with Gasteiger partial charge in [-0.3, -0.25) is 5.10 Å². The molecule has 2 rings (SSSR count). The number of hydrogen-bond acceptors (Lipinski definition) is 3. The zero-order valence-electron chi connectivity index (χ0n) is 9.53. The normalized spacial score (nSPS) is 10.5. The minimum absolute atomic E-state index is 0.597. The Morgan fingerprint density at radius 3 is 2.94 bits per heavy atom. The number of rotatable bonds is 3. The zero-order chi connectivity index (χ0) is 12.4.